The van der Waals surface area contributed by atoms with E-state index < -0.39 is 5.41 Å². The van der Waals surface area contributed by atoms with Crippen LogP contribution in [0.1, 0.15) is 33.4 Å². The summed E-state index contributed by atoms with van der Waals surface area (Å²) in [5.41, 5.74) is 12.4. The molecule has 0 aliphatic heterocycles. The lowest BCUT2D eigenvalue weighted by atomic mass is 9.66. The summed E-state index contributed by atoms with van der Waals surface area (Å²) in [4.78, 5) is 0. The lowest BCUT2D eigenvalue weighted by Crippen LogP contribution is -2.29. The van der Waals surface area contributed by atoms with E-state index in [0.29, 0.717) is 0 Å². The Bertz CT molecular complexity index is 2420. The Morgan fingerprint density at radius 3 is 1.27 bits per heavy atom. The molecule has 2 nitrogen and oxygen atoms in total. The van der Waals surface area contributed by atoms with Gasteiger partial charge in [0.2, 0.25) is 0 Å². The molecule has 0 unspecified atom stereocenters. The van der Waals surface area contributed by atoms with Gasteiger partial charge in [-0.2, -0.15) is 0 Å². The van der Waals surface area contributed by atoms with Crippen LogP contribution in [0.4, 0.5) is 0 Å². The molecule has 8 aromatic rings. The number of fused-ring (bicyclic) bond motifs is 5. The number of hydrogen-bond acceptors (Lipinski definition) is 2. The van der Waals surface area contributed by atoms with E-state index in [9.17, 15) is 10.2 Å². The predicted octanol–water partition coefficient (Wildman–Crippen LogP) is 11.7. The van der Waals surface area contributed by atoms with E-state index in [1.807, 2.05) is 26.0 Å². The molecular weight excluding hydrogens is 597 g/mol. The van der Waals surface area contributed by atoms with E-state index in [1.165, 1.54) is 54.9 Å². The van der Waals surface area contributed by atoms with Crippen LogP contribution in [0.5, 0.6) is 11.5 Å². The zero-order valence-electron chi connectivity index (χ0n) is 27.4. The van der Waals surface area contributed by atoms with Gasteiger partial charge in [0, 0.05) is 0 Å². The van der Waals surface area contributed by atoms with Crippen molar-refractivity contribution < 1.29 is 10.2 Å². The smallest absolute Gasteiger partial charge is 0.118 e. The number of rotatable bonds is 4. The highest BCUT2D eigenvalue weighted by atomic mass is 16.3. The van der Waals surface area contributed by atoms with Crippen molar-refractivity contribution in [2.45, 2.75) is 19.3 Å². The maximum atomic E-state index is 10.8. The molecule has 2 N–H and O–H groups in total. The first-order valence-corrected chi connectivity index (χ1v) is 16.8. The summed E-state index contributed by atoms with van der Waals surface area (Å²) in [7, 11) is 0. The Morgan fingerprint density at radius 2 is 0.816 bits per heavy atom. The summed E-state index contributed by atoms with van der Waals surface area (Å²) < 4.78 is 0. The van der Waals surface area contributed by atoms with Gasteiger partial charge in [-0.1, -0.05) is 133 Å². The molecule has 0 bridgehead atoms. The maximum absolute atomic E-state index is 10.8. The quantitative estimate of drug-likeness (QED) is 0.203. The van der Waals surface area contributed by atoms with E-state index >= 15 is 0 Å². The lowest BCUT2D eigenvalue weighted by Gasteiger charge is -2.35. The van der Waals surface area contributed by atoms with Gasteiger partial charge in [-0.15, -0.1) is 0 Å². The highest BCUT2D eigenvalue weighted by molar-refractivity contribution is 6.00. The van der Waals surface area contributed by atoms with Crippen molar-refractivity contribution in [1.82, 2.24) is 0 Å². The van der Waals surface area contributed by atoms with Crippen molar-refractivity contribution in [3.63, 3.8) is 0 Å². The third-order valence-corrected chi connectivity index (χ3v) is 10.6. The van der Waals surface area contributed by atoms with Crippen LogP contribution in [-0.4, -0.2) is 10.2 Å². The normalized spacial score (nSPS) is 13.0. The highest BCUT2D eigenvalue weighted by Gasteiger charge is 2.47. The van der Waals surface area contributed by atoms with Crippen LogP contribution >= 0.6 is 0 Å². The van der Waals surface area contributed by atoms with Crippen LogP contribution in [0.2, 0.25) is 0 Å². The van der Waals surface area contributed by atoms with Crippen LogP contribution in [0.15, 0.2) is 158 Å². The molecule has 234 valence electrons. The van der Waals surface area contributed by atoms with Crippen LogP contribution in [0.3, 0.4) is 0 Å². The molecule has 8 aromatic carbocycles. The van der Waals surface area contributed by atoms with Crippen LogP contribution in [0, 0.1) is 13.8 Å². The van der Waals surface area contributed by atoms with E-state index in [0.717, 1.165) is 33.4 Å². The number of aryl methyl sites for hydroxylation is 2. The predicted molar refractivity (Wildman–Crippen MR) is 202 cm³/mol. The van der Waals surface area contributed by atoms with Gasteiger partial charge in [-0.25, -0.2) is 0 Å². The fraction of sp³-hybridized carbons (Fsp3) is 0.0638. The molecule has 1 aliphatic rings. The largest absolute Gasteiger partial charge is 0.508 e. The van der Waals surface area contributed by atoms with Crippen molar-refractivity contribution in [2.24, 2.45) is 0 Å². The van der Waals surface area contributed by atoms with Crippen LogP contribution < -0.4 is 0 Å². The average molecular weight is 631 g/mol. The molecule has 0 saturated carbocycles. The first-order valence-electron chi connectivity index (χ1n) is 16.8. The molecule has 2 heteroatoms. The SMILES string of the molecule is Cc1cc(C2(c3ccc(O)c(C)c3)c3cc(-c4cccc5ccccc45)ccc3-c3ccc(-c4cccc5ccccc45)cc32)ccc1O. The molecule has 9 rings (SSSR count). The lowest BCUT2D eigenvalue weighted by molar-refractivity contribution is 0.470. The summed E-state index contributed by atoms with van der Waals surface area (Å²) in [5, 5.41) is 26.4. The minimum Gasteiger partial charge on any atom is -0.508 e. The maximum Gasteiger partial charge on any atom is 0.118 e. The third kappa shape index (κ3) is 4.34. The van der Waals surface area contributed by atoms with Gasteiger partial charge in [0.25, 0.3) is 0 Å². The van der Waals surface area contributed by atoms with Crippen molar-refractivity contribution >= 4 is 21.5 Å². The van der Waals surface area contributed by atoms with Crippen molar-refractivity contribution in [3.8, 4) is 44.9 Å². The molecule has 0 radical (unpaired) electrons. The molecule has 0 saturated heterocycles. The van der Waals surface area contributed by atoms with Gasteiger partial charge in [0.1, 0.15) is 11.5 Å². The summed E-state index contributed by atoms with van der Waals surface area (Å²) in [5.74, 6) is 0.543. The summed E-state index contributed by atoms with van der Waals surface area (Å²) in [6.45, 7) is 3.93. The molecule has 0 heterocycles. The second-order valence-electron chi connectivity index (χ2n) is 13.3. The van der Waals surface area contributed by atoms with Gasteiger partial charge in [0.15, 0.2) is 0 Å². The van der Waals surface area contributed by atoms with Gasteiger partial charge >= 0.3 is 0 Å². The van der Waals surface area contributed by atoms with Crippen molar-refractivity contribution in [2.75, 3.05) is 0 Å². The molecule has 0 aromatic heterocycles. The fourth-order valence-corrected chi connectivity index (χ4v) is 8.18. The monoisotopic (exact) mass is 630 g/mol. The topological polar surface area (TPSA) is 40.5 Å². The Balaban J connectivity index is 1.40. The number of phenols is 2. The zero-order valence-corrected chi connectivity index (χ0v) is 27.4. The van der Waals surface area contributed by atoms with Gasteiger partial charge in [-0.3, -0.25) is 0 Å². The zero-order chi connectivity index (χ0) is 33.3. The highest BCUT2D eigenvalue weighted by Crippen LogP contribution is 2.58. The van der Waals surface area contributed by atoms with Crippen molar-refractivity contribution in [1.29, 1.82) is 0 Å². The molecule has 49 heavy (non-hydrogen) atoms. The molecule has 0 atom stereocenters. The number of aromatic hydroxyl groups is 2. The summed E-state index contributed by atoms with van der Waals surface area (Å²) >= 11 is 0. The Hall–Kier alpha value is -6.12. The second kappa shape index (κ2) is 11.0. The first kappa shape index (κ1) is 29.1. The number of phenolic OH excluding ortho intramolecular Hbond substituents is 2. The fourth-order valence-electron chi connectivity index (χ4n) is 8.18. The number of benzene rings is 8. The molecule has 1 aliphatic carbocycles. The average Bonchev–Trinajstić information content (AvgIpc) is 3.43. The van der Waals surface area contributed by atoms with Crippen LogP contribution in [0.25, 0.3) is 54.9 Å². The van der Waals surface area contributed by atoms with E-state index in [4.69, 9.17) is 0 Å². The molecule has 0 spiro atoms. The van der Waals surface area contributed by atoms with Crippen molar-refractivity contribution in [3.05, 3.63) is 191 Å². The standard InChI is InChI=1S/C47H34O2/c1-29-25-35(19-23-45(29)48)47(36-20-24-46(49)30(2)26-36)43-27-33(39-15-7-11-31-9-3-5-13-37(31)39)17-21-41(43)42-22-18-34(28-44(42)47)40-16-8-12-32-10-4-6-14-38(32)40/h3-28,48-49H,1-2H3. The van der Waals surface area contributed by atoms with Gasteiger partial charge < -0.3 is 10.2 Å². The Morgan fingerprint density at radius 1 is 0.388 bits per heavy atom. The Labute approximate surface area is 286 Å². The third-order valence-electron chi connectivity index (χ3n) is 10.6. The second-order valence-corrected chi connectivity index (χ2v) is 13.3. The molecule has 0 amide bonds. The summed E-state index contributed by atoms with van der Waals surface area (Å²) in [6.07, 6.45) is 0. The van der Waals surface area contributed by atoms with E-state index in [-0.39, 0.29) is 11.5 Å². The summed E-state index contributed by atoms with van der Waals surface area (Å²) in [6, 6.07) is 56.0. The van der Waals surface area contributed by atoms with Crippen LogP contribution in [-0.2, 0) is 5.41 Å². The molecule has 0 fully saturated rings. The molecular formula is C47H34O2. The number of hydrogen-bond donors (Lipinski definition) is 2. The van der Waals surface area contributed by atoms with Gasteiger partial charge in [0.05, 0.1) is 5.41 Å². The first-order chi connectivity index (χ1) is 23.9. The minimum atomic E-state index is -0.733. The Kier molecular flexibility index (Phi) is 6.50. The van der Waals surface area contributed by atoms with E-state index in [1.54, 1.807) is 0 Å². The minimum absolute atomic E-state index is 0.272. The van der Waals surface area contributed by atoms with Gasteiger partial charge in [-0.05, 0) is 126 Å². The van der Waals surface area contributed by atoms with E-state index in [2.05, 4.69) is 146 Å².